The molecule has 1 atom stereocenters. The first-order chi connectivity index (χ1) is 5.70. The molecule has 0 aromatic carbocycles. The number of nitrogens with one attached hydrogen (secondary N) is 1. The molecule has 0 fully saturated rings. The summed E-state index contributed by atoms with van der Waals surface area (Å²) in [5.41, 5.74) is 5.02. The van der Waals surface area contributed by atoms with Crippen LogP contribution in [0.4, 0.5) is 0 Å². The van der Waals surface area contributed by atoms with Crippen LogP contribution in [-0.2, 0) is 4.79 Å². The van der Waals surface area contributed by atoms with Crippen molar-refractivity contribution >= 4 is 5.91 Å². The van der Waals surface area contributed by atoms with Gasteiger partial charge in [0.1, 0.15) is 0 Å². The van der Waals surface area contributed by atoms with Crippen LogP contribution in [0.2, 0.25) is 0 Å². The molecule has 0 aromatic rings. The van der Waals surface area contributed by atoms with Crippen LogP contribution < -0.4 is 11.1 Å². The quantitative estimate of drug-likeness (QED) is 0.602. The van der Waals surface area contributed by atoms with E-state index in [1.54, 1.807) is 0 Å². The molecule has 1 amide bonds. The fourth-order valence-corrected chi connectivity index (χ4v) is 1.15. The van der Waals surface area contributed by atoms with Gasteiger partial charge in [0.05, 0.1) is 6.54 Å². The molecule has 0 aliphatic carbocycles. The predicted molar refractivity (Wildman–Crippen MR) is 50.8 cm³/mol. The van der Waals surface area contributed by atoms with Crippen molar-refractivity contribution in [2.45, 2.75) is 45.6 Å². The number of amides is 1. The van der Waals surface area contributed by atoms with Gasteiger partial charge >= 0.3 is 0 Å². The number of primary amides is 1. The maximum absolute atomic E-state index is 10.5. The second-order valence-corrected chi connectivity index (χ2v) is 3.09. The summed E-state index contributed by atoms with van der Waals surface area (Å²) in [4.78, 5) is 10.5. The van der Waals surface area contributed by atoms with Crippen LogP contribution >= 0.6 is 0 Å². The standard InChI is InChI=1S/C9H20N2O/c1-3-5-6-8(4-2)11-7-9(10)12/h8,11H,3-7H2,1-2H3,(H2,10,12). The van der Waals surface area contributed by atoms with Crippen molar-refractivity contribution in [2.24, 2.45) is 5.73 Å². The van der Waals surface area contributed by atoms with Gasteiger partial charge in [-0.2, -0.15) is 0 Å². The normalized spacial score (nSPS) is 12.8. The summed E-state index contributed by atoms with van der Waals surface area (Å²) in [6.45, 7) is 4.59. The molecular weight excluding hydrogens is 152 g/mol. The van der Waals surface area contributed by atoms with Gasteiger partial charge < -0.3 is 11.1 Å². The Morgan fingerprint density at radius 3 is 2.58 bits per heavy atom. The van der Waals surface area contributed by atoms with Crippen molar-refractivity contribution in [1.82, 2.24) is 5.32 Å². The van der Waals surface area contributed by atoms with Gasteiger partial charge in [-0.05, 0) is 12.8 Å². The molecule has 1 unspecified atom stereocenters. The number of rotatable bonds is 7. The molecule has 0 bridgehead atoms. The number of hydrogen-bond acceptors (Lipinski definition) is 2. The fraction of sp³-hybridized carbons (Fsp3) is 0.889. The third kappa shape index (κ3) is 6.16. The van der Waals surface area contributed by atoms with Crippen LogP contribution in [0.3, 0.4) is 0 Å². The summed E-state index contributed by atoms with van der Waals surface area (Å²) in [6, 6.07) is 0.456. The molecule has 0 radical (unpaired) electrons. The Kier molecular flexibility index (Phi) is 6.76. The van der Waals surface area contributed by atoms with Gasteiger partial charge in [0.2, 0.25) is 5.91 Å². The second-order valence-electron chi connectivity index (χ2n) is 3.09. The lowest BCUT2D eigenvalue weighted by Crippen LogP contribution is -2.36. The van der Waals surface area contributed by atoms with Crippen molar-refractivity contribution in [3.05, 3.63) is 0 Å². The Morgan fingerprint density at radius 2 is 2.17 bits per heavy atom. The minimum atomic E-state index is -0.273. The van der Waals surface area contributed by atoms with Crippen LogP contribution in [0.25, 0.3) is 0 Å². The van der Waals surface area contributed by atoms with E-state index in [2.05, 4.69) is 19.2 Å². The molecule has 72 valence electrons. The smallest absolute Gasteiger partial charge is 0.231 e. The Morgan fingerprint density at radius 1 is 1.50 bits per heavy atom. The fourth-order valence-electron chi connectivity index (χ4n) is 1.15. The molecule has 0 aliphatic rings. The van der Waals surface area contributed by atoms with Gasteiger partial charge in [0, 0.05) is 6.04 Å². The third-order valence-electron chi connectivity index (χ3n) is 1.96. The first-order valence-electron chi connectivity index (χ1n) is 4.72. The van der Waals surface area contributed by atoms with E-state index in [1.165, 1.54) is 12.8 Å². The highest BCUT2D eigenvalue weighted by Crippen LogP contribution is 2.03. The SMILES string of the molecule is CCCCC(CC)NCC(N)=O. The lowest BCUT2D eigenvalue weighted by atomic mass is 10.1. The van der Waals surface area contributed by atoms with E-state index in [0.717, 1.165) is 12.8 Å². The lowest BCUT2D eigenvalue weighted by molar-refractivity contribution is -0.117. The predicted octanol–water partition coefficient (Wildman–Crippen LogP) is 1.03. The summed E-state index contributed by atoms with van der Waals surface area (Å²) < 4.78 is 0. The van der Waals surface area contributed by atoms with E-state index in [4.69, 9.17) is 5.73 Å². The zero-order chi connectivity index (χ0) is 9.40. The molecule has 3 nitrogen and oxygen atoms in total. The summed E-state index contributed by atoms with van der Waals surface area (Å²) in [6.07, 6.45) is 4.62. The molecular formula is C9H20N2O. The number of carbonyl (C=O) groups is 1. The average molecular weight is 172 g/mol. The molecule has 0 aromatic heterocycles. The minimum Gasteiger partial charge on any atom is -0.369 e. The van der Waals surface area contributed by atoms with Crippen molar-refractivity contribution in [1.29, 1.82) is 0 Å². The molecule has 0 aliphatic heterocycles. The summed E-state index contributed by atoms with van der Waals surface area (Å²) in [7, 11) is 0. The van der Waals surface area contributed by atoms with Gasteiger partial charge in [0.15, 0.2) is 0 Å². The zero-order valence-electron chi connectivity index (χ0n) is 8.10. The number of nitrogens with two attached hydrogens (primary N) is 1. The second kappa shape index (κ2) is 7.10. The topological polar surface area (TPSA) is 55.1 Å². The van der Waals surface area contributed by atoms with Gasteiger partial charge in [-0.25, -0.2) is 0 Å². The van der Waals surface area contributed by atoms with Crippen LogP contribution in [0, 0.1) is 0 Å². The zero-order valence-corrected chi connectivity index (χ0v) is 8.10. The van der Waals surface area contributed by atoms with E-state index < -0.39 is 0 Å². The largest absolute Gasteiger partial charge is 0.369 e. The van der Waals surface area contributed by atoms with E-state index in [1.807, 2.05) is 0 Å². The van der Waals surface area contributed by atoms with E-state index in [-0.39, 0.29) is 5.91 Å². The minimum absolute atomic E-state index is 0.273. The number of hydrogen-bond donors (Lipinski definition) is 2. The Bertz CT molecular complexity index is 126. The molecule has 0 spiro atoms. The monoisotopic (exact) mass is 172 g/mol. The van der Waals surface area contributed by atoms with E-state index in [9.17, 15) is 4.79 Å². The summed E-state index contributed by atoms with van der Waals surface area (Å²) in [5, 5.41) is 3.13. The molecule has 0 saturated carbocycles. The molecule has 0 rings (SSSR count). The highest BCUT2D eigenvalue weighted by molar-refractivity contribution is 5.75. The Hall–Kier alpha value is -0.570. The van der Waals surface area contributed by atoms with E-state index in [0.29, 0.717) is 12.6 Å². The van der Waals surface area contributed by atoms with Gasteiger partial charge in [-0.15, -0.1) is 0 Å². The first kappa shape index (κ1) is 11.4. The van der Waals surface area contributed by atoms with E-state index >= 15 is 0 Å². The highest BCUT2D eigenvalue weighted by Gasteiger charge is 2.04. The van der Waals surface area contributed by atoms with Crippen molar-refractivity contribution < 1.29 is 4.79 Å². The molecule has 0 heterocycles. The molecule has 12 heavy (non-hydrogen) atoms. The molecule has 3 N–H and O–H groups in total. The summed E-state index contributed by atoms with van der Waals surface area (Å²) >= 11 is 0. The number of carbonyl (C=O) groups excluding carboxylic acids is 1. The van der Waals surface area contributed by atoms with Crippen LogP contribution in [0.1, 0.15) is 39.5 Å². The Balaban J connectivity index is 3.45. The van der Waals surface area contributed by atoms with Gasteiger partial charge in [-0.1, -0.05) is 26.7 Å². The summed E-state index contributed by atoms with van der Waals surface area (Å²) in [5.74, 6) is -0.273. The lowest BCUT2D eigenvalue weighted by Gasteiger charge is -2.14. The van der Waals surface area contributed by atoms with Crippen LogP contribution in [-0.4, -0.2) is 18.5 Å². The maximum Gasteiger partial charge on any atom is 0.231 e. The highest BCUT2D eigenvalue weighted by atomic mass is 16.1. The van der Waals surface area contributed by atoms with Crippen molar-refractivity contribution in [2.75, 3.05) is 6.54 Å². The maximum atomic E-state index is 10.5. The molecule has 0 saturated heterocycles. The average Bonchev–Trinajstić information content (AvgIpc) is 2.05. The first-order valence-corrected chi connectivity index (χ1v) is 4.72. The van der Waals surface area contributed by atoms with Crippen molar-refractivity contribution in [3.8, 4) is 0 Å². The van der Waals surface area contributed by atoms with Crippen LogP contribution in [0.15, 0.2) is 0 Å². The van der Waals surface area contributed by atoms with Crippen LogP contribution in [0.5, 0.6) is 0 Å². The molecule has 3 heteroatoms. The third-order valence-corrected chi connectivity index (χ3v) is 1.96. The van der Waals surface area contributed by atoms with Crippen molar-refractivity contribution in [3.63, 3.8) is 0 Å². The van der Waals surface area contributed by atoms with Gasteiger partial charge in [-0.3, -0.25) is 4.79 Å². The Labute approximate surface area is 74.7 Å². The number of unbranched alkanes of at least 4 members (excludes halogenated alkanes) is 1. The van der Waals surface area contributed by atoms with Gasteiger partial charge in [0.25, 0.3) is 0 Å².